The number of imidazole rings is 1. The summed E-state index contributed by atoms with van der Waals surface area (Å²) in [7, 11) is 3.01. The van der Waals surface area contributed by atoms with Crippen LogP contribution in [0.2, 0.25) is 0 Å². The first kappa shape index (κ1) is 13.5. The number of hydrogen-bond donors (Lipinski definition) is 1. The van der Waals surface area contributed by atoms with Crippen molar-refractivity contribution in [2.75, 3.05) is 7.11 Å². The molecule has 19 heavy (non-hydrogen) atoms. The van der Waals surface area contributed by atoms with E-state index < -0.39 is 11.8 Å². The molecular formula is C12H10BrFN2O3. The Labute approximate surface area is 116 Å². The largest absolute Gasteiger partial charge is 0.494 e. The number of ether oxygens (including phenoxy) is 1. The maximum atomic E-state index is 13.6. The summed E-state index contributed by atoms with van der Waals surface area (Å²) in [6.45, 7) is 0. The van der Waals surface area contributed by atoms with Crippen molar-refractivity contribution in [3.63, 3.8) is 0 Å². The average Bonchev–Trinajstić information content (AvgIpc) is 2.66. The molecule has 0 atom stereocenters. The second-order valence-corrected chi connectivity index (χ2v) is 4.54. The van der Waals surface area contributed by atoms with Gasteiger partial charge in [-0.25, -0.2) is 14.2 Å². The molecule has 1 aromatic carbocycles. The van der Waals surface area contributed by atoms with Gasteiger partial charge in [-0.15, -0.1) is 0 Å². The van der Waals surface area contributed by atoms with Crippen LogP contribution in [0, 0.1) is 5.82 Å². The SMILES string of the molecule is COc1ccc(-c2nc(C(=O)O)c(Br)n2C)cc1F. The van der Waals surface area contributed by atoms with E-state index in [1.165, 1.54) is 23.8 Å². The lowest BCUT2D eigenvalue weighted by Gasteiger charge is -2.05. The van der Waals surface area contributed by atoms with E-state index in [1.54, 1.807) is 13.1 Å². The molecule has 0 bridgehead atoms. The molecule has 1 aromatic heterocycles. The zero-order valence-corrected chi connectivity index (χ0v) is 11.7. The molecule has 7 heteroatoms. The van der Waals surface area contributed by atoms with Crippen molar-refractivity contribution in [2.45, 2.75) is 0 Å². The zero-order valence-electron chi connectivity index (χ0n) is 10.1. The van der Waals surface area contributed by atoms with Crippen LogP contribution < -0.4 is 4.74 Å². The molecule has 1 N–H and O–H groups in total. The number of benzene rings is 1. The second kappa shape index (κ2) is 5.00. The summed E-state index contributed by atoms with van der Waals surface area (Å²) in [5.74, 6) is -1.21. The van der Waals surface area contributed by atoms with Gasteiger partial charge in [0.1, 0.15) is 10.4 Å². The number of aromatic carboxylic acids is 1. The smallest absolute Gasteiger partial charge is 0.357 e. The lowest BCUT2D eigenvalue weighted by molar-refractivity contribution is 0.0690. The molecule has 0 aliphatic rings. The van der Waals surface area contributed by atoms with Crippen LogP contribution in [0.5, 0.6) is 5.75 Å². The standard InChI is InChI=1S/C12H10BrFN2O3/c1-16-10(13)9(12(17)18)15-11(16)6-3-4-8(19-2)7(14)5-6/h3-5H,1-2H3,(H,17,18). The Bertz CT molecular complexity index is 655. The fourth-order valence-corrected chi connectivity index (χ4v) is 2.10. The number of aromatic nitrogens is 2. The Kier molecular flexibility index (Phi) is 3.57. The summed E-state index contributed by atoms with van der Waals surface area (Å²) in [5.41, 5.74) is 0.350. The first-order valence-electron chi connectivity index (χ1n) is 5.25. The molecule has 5 nitrogen and oxygen atoms in total. The van der Waals surface area contributed by atoms with E-state index in [0.29, 0.717) is 16.0 Å². The van der Waals surface area contributed by atoms with Gasteiger partial charge in [0.05, 0.1) is 7.11 Å². The van der Waals surface area contributed by atoms with Crippen molar-refractivity contribution in [1.82, 2.24) is 9.55 Å². The molecule has 0 radical (unpaired) electrons. The minimum Gasteiger partial charge on any atom is -0.494 e. The Morgan fingerprint density at radius 3 is 2.68 bits per heavy atom. The van der Waals surface area contributed by atoms with E-state index in [4.69, 9.17) is 9.84 Å². The highest BCUT2D eigenvalue weighted by Crippen LogP contribution is 2.28. The van der Waals surface area contributed by atoms with Gasteiger partial charge in [0.15, 0.2) is 17.3 Å². The van der Waals surface area contributed by atoms with E-state index in [-0.39, 0.29) is 11.4 Å². The first-order valence-corrected chi connectivity index (χ1v) is 6.04. The lowest BCUT2D eigenvalue weighted by atomic mass is 10.2. The summed E-state index contributed by atoms with van der Waals surface area (Å²) >= 11 is 3.15. The number of nitrogens with zero attached hydrogens (tertiary/aromatic N) is 2. The third-order valence-corrected chi connectivity index (χ3v) is 3.55. The van der Waals surface area contributed by atoms with Gasteiger partial charge in [-0.2, -0.15) is 0 Å². The van der Waals surface area contributed by atoms with Crippen LogP contribution in [0.15, 0.2) is 22.8 Å². The number of halogens is 2. The molecule has 2 aromatic rings. The number of carbonyl (C=O) groups is 1. The number of carboxylic acid groups (broad SMARTS) is 1. The summed E-state index contributed by atoms with van der Waals surface area (Å²) in [6.07, 6.45) is 0. The number of carboxylic acids is 1. The average molecular weight is 329 g/mol. The van der Waals surface area contributed by atoms with E-state index in [2.05, 4.69) is 20.9 Å². The molecule has 0 fully saturated rings. The molecule has 0 unspecified atom stereocenters. The van der Waals surface area contributed by atoms with Crippen molar-refractivity contribution in [3.05, 3.63) is 34.3 Å². The summed E-state index contributed by atoms with van der Waals surface area (Å²) in [6, 6.07) is 4.33. The predicted octanol–water partition coefficient (Wildman–Crippen LogP) is 2.70. The molecule has 0 aliphatic carbocycles. The molecular weight excluding hydrogens is 319 g/mol. The Hall–Kier alpha value is -1.89. The van der Waals surface area contributed by atoms with Crippen LogP contribution in [-0.2, 0) is 7.05 Å². The van der Waals surface area contributed by atoms with Crippen LogP contribution in [0.1, 0.15) is 10.5 Å². The molecule has 2 rings (SSSR count). The van der Waals surface area contributed by atoms with Crippen LogP contribution in [-0.4, -0.2) is 27.7 Å². The molecule has 0 amide bonds. The van der Waals surface area contributed by atoms with Gasteiger partial charge in [-0.3, -0.25) is 0 Å². The lowest BCUT2D eigenvalue weighted by Crippen LogP contribution is -1.97. The monoisotopic (exact) mass is 328 g/mol. The number of rotatable bonds is 3. The van der Waals surface area contributed by atoms with Gasteiger partial charge in [-0.1, -0.05) is 0 Å². The number of methoxy groups -OCH3 is 1. The van der Waals surface area contributed by atoms with E-state index in [1.807, 2.05) is 0 Å². The third-order valence-electron chi connectivity index (χ3n) is 2.64. The van der Waals surface area contributed by atoms with Gasteiger partial charge in [0.2, 0.25) is 0 Å². The van der Waals surface area contributed by atoms with Crippen LogP contribution in [0.3, 0.4) is 0 Å². The Balaban J connectivity index is 2.56. The maximum absolute atomic E-state index is 13.6. The quantitative estimate of drug-likeness (QED) is 0.940. The van der Waals surface area contributed by atoms with E-state index >= 15 is 0 Å². The van der Waals surface area contributed by atoms with Crippen molar-refractivity contribution < 1.29 is 19.0 Å². The Morgan fingerprint density at radius 2 is 2.21 bits per heavy atom. The summed E-state index contributed by atoms with van der Waals surface area (Å²) in [4.78, 5) is 15.0. The molecule has 1 heterocycles. The van der Waals surface area contributed by atoms with Crippen LogP contribution in [0.4, 0.5) is 4.39 Å². The van der Waals surface area contributed by atoms with Crippen molar-refractivity contribution in [1.29, 1.82) is 0 Å². The van der Waals surface area contributed by atoms with Crippen LogP contribution in [0.25, 0.3) is 11.4 Å². The van der Waals surface area contributed by atoms with Gasteiger partial charge >= 0.3 is 5.97 Å². The molecule has 0 spiro atoms. The van der Waals surface area contributed by atoms with Gasteiger partial charge in [0.25, 0.3) is 0 Å². The molecule has 0 aliphatic heterocycles. The fraction of sp³-hybridized carbons (Fsp3) is 0.167. The first-order chi connectivity index (χ1) is 8.95. The minimum absolute atomic E-state index is 0.117. The van der Waals surface area contributed by atoms with E-state index in [9.17, 15) is 9.18 Å². The maximum Gasteiger partial charge on any atom is 0.357 e. The predicted molar refractivity (Wildman–Crippen MR) is 69.8 cm³/mol. The second-order valence-electron chi connectivity index (χ2n) is 3.79. The third kappa shape index (κ3) is 2.33. The highest BCUT2D eigenvalue weighted by atomic mass is 79.9. The summed E-state index contributed by atoms with van der Waals surface area (Å²) < 4.78 is 20.3. The van der Waals surface area contributed by atoms with Gasteiger partial charge < -0.3 is 14.4 Å². The normalized spacial score (nSPS) is 10.5. The van der Waals surface area contributed by atoms with Gasteiger partial charge in [0, 0.05) is 12.6 Å². The molecule has 0 saturated heterocycles. The Morgan fingerprint density at radius 1 is 1.53 bits per heavy atom. The van der Waals surface area contributed by atoms with E-state index in [0.717, 1.165) is 0 Å². The minimum atomic E-state index is -1.15. The summed E-state index contributed by atoms with van der Waals surface area (Å²) in [5, 5.41) is 8.99. The van der Waals surface area contributed by atoms with Crippen LogP contribution >= 0.6 is 15.9 Å². The van der Waals surface area contributed by atoms with Gasteiger partial charge in [-0.05, 0) is 34.1 Å². The molecule has 100 valence electrons. The highest BCUT2D eigenvalue weighted by Gasteiger charge is 2.19. The zero-order chi connectivity index (χ0) is 14.2. The highest BCUT2D eigenvalue weighted by molar-refractivity contribution is 9.10. The van der Waals surface area contributed by atoms with Crippen molar-refractivity contribution >= 4 is 21.9 Å². The number of hydrogen-bond acceptors (Lipinski definition) is 3. The molecule has 0 saturated carbocycles. The van der Waals surface area contributed by atoms with Crippen molar-refractivity contribution in [3.8, 4) is 17.1 Å². The topological polar surface area (TPSA) is 64.3 Å². The fourth-order valence-electron chi connectivity index (χ4n) is 1.68. The van der Waals surface area contributed by atoms with Crippen molar-refractivity contribution in [2.24, 2.45) is 7.05 Å².